The number of nitrogens with one attached hydrogen (secondary N) is 2. The third kappa shape index (κ3) is 3.66. The van der Waals surface area contributed by atoms with Crippen molar-refractivity contribution >= 4 is 23.2 Å². The summed E-state index contributed by atoms with van der Waals surface area (Å²) in [5.41, 5.74) is 1.49. The van der Waals surface area contributed by atoms with Crippen molar-refractivity contribution in [3.05, 3.63) is 28.8 Å². The summed E-state index contributed by atoms with van der Waals surface area (Å²) >= 11 is 6.02. The van der Waals surface area contributed by atoms with Gasteiger partial charge in [0.25, 0.3) is 5.91 Å². The third-order valence-electron chi connectivity index (χ3n) is 4.01. The molecular weight excluding hydrogens is 272 g/mol. The Morgan fingerprint density at radius 1 is 1.45 bits per heavy atom. The minimum absolute atomic E-state index is 0.0366. The summed E-state index contributed by atoms with van der Waals surface area (Å²) < 4.78 is 0. The summed E-state index contributed by atoms with van der Waals surface area (Å²) in [7, 11) is 0. The van der Waals surface area contributed by atoms with E-state index in [-0.39, 0.29) is 11.9 Å². The minimum atomic E-state index is -0.0366. The molecule has 110 valence electrons. The number of hydrogen-bond donors (Lipinski definition) is 2. The molecule has 1 amide bonds. The normalized spacial score (nSPS) is 16.4. The summed E-state index contributed by atoms with van der Waals surface area (Å²) in [6.45, 7) is 5.03. The molecule has 1 fully saturated rings. The van der Waals surface area contributed by atoms with Crippen molar-refractivity contribution in [2.24, 2.45) is 5.92 Å². The molecule has 0 aromatic heterocycles. The van der Waals surface area contributed by atoms with Gasteiger partial charge in [-0.15, -0.1) is 0 Å². The number of carbonyl (C=O) groups is 1. The van der Waals surface area contributed by atoms with Crippen LogP contribution in [0.5, 0.6) is 0 Å². The Bertz CT molecular complexity index is 472. The van der Waals surface area contributed by atoms with E-state index >= 15 is 0 Å². The Balaban J connectivity index is 2.08. The SMILES string of the molecule is CCCNc1ccc(Cl)cc1C(=O)NC(C)C1CCC1. The molecule has 1 aromatic carbocycles. The summed E-state index contributed by atoms with van der Waals surface area (Å²) in [6, 6.07) is 5.66. The highest BCUT2D eigenvalue weighted by Crippen LogP contribution is 2.30. The van der Waals surface area contributed by atoms with Crippen molar-refractivity contribution in [3.63, 3.8) is 0 Å². The van der Waals surface area contributed by atoms with Crippen molar-refractivity contribution in [2.75, 3.05) is 11.9 Å². The molecule has 1 aromatic rings. The van der Waals surface area contributed by atoms with Gasteiger partial charge < -0.3 is 10.6 Å². The predicted octanol–water partition coefficient (Wildman–Crippen LogP) is 4.08. The van der Waals surface area contributed by atoms with Crippen LogP contribution in [0.1, 0.15) is 49.9 Å². The standard InChI is InChI=1S/C16H23ClN2O/c1-3-9-18-15-8-7-13(17)10-14(15)16(20)19-11(2)12-5-4-6-12/h7-8,10-12,18H,3-6,9H2,1-2H3,(H,19,20). The average Bonchev–Trinajstić information content (AvgIpc) is 2.35. The van der Waals surface area contributed by atoms with Gasteiger partial charge in [0.15, 0.2) is 0 Å². The van der Waals surface area contributed by atoms with Crippen molar-refractivity contribution in [1.29, 1.82) is 0 Å². The Hall–Kier alpha value is -1.22. The summed E-state index contributed by atoms with van der Waals surface area (Å²) in [5.74, 6) is 0.593. The van der Waals surface area contributed by atoms with E-state index in [0.29, 0.717) is 16.5 Å². The van der Waals surface area contributed by atoms with Gasteiger partial charge in [0.2, 0.25) is 0 Å². The Morgan fingerprint density at radius 2 is 2.20 bits per heavy atom. The van der Waals surface area contributed by atoms with Crippen molar-refractivity contribution in [1.82, 2.24) is 5.32 Å². The fraction of sp³-hybridized carbons (Fsp3) is 0.562. The smallest absolute Gasteiger partial charge is 0.253 e. The molecule has 0 heterocycles. The molecule has 1 aliphatic rings. The number of halogens is 1. The van der Waals surface area contributed by atoms with E-state index in [1.807, 2.05) is 12.1 Å². The second-order valence-electron chi connectivity index (χ2n) is 5.57. The third-order valence-corrected chi connectivity index (χ3v) is 4.24. The molecule has 20 heavy (non-hydrogen) atoms. The number of amides is 1. The highest BCUT2D eigenvalue weighted by atomic mass is 35.5. The lowest BCUT2D eigenvalue weighted by Gasteiger charge is -2.32. The van der Waals surface area contributed by atoms with Crippen LogP contribution in [0.2, 0.25) is 5.02 Å². The van der Waals surface area contributed by atoms with E-state index in [1.165, 1.54) is 19.3 Å². The second kappa shape index (κ2) is 6.98. The van der Waals surface area contributed by atoms with Crippen LogP contribution in [0.15, 0.2) is 18.2 Å². The lowest BCUT2D eigenvalue weighted by Crippen LogP contribution is -2.40. The predicted molar refractivity (Wildman–Crippen MR) is 84.5 cm³/mol. The highest BCUT2D eigenvalue weighted by molar-refractivity contribution is 6.31. The lowest BCUT2D eigenvalue weighted by molar-refractivity contribution is 0.0910. The largest absolute Gasteiger partial charge is 0.384 e. The molecule has 2 rings (SSSR count). The summed E-state index contributed by atoms with van der Waals surface area (Å²) in [4.78, 5) is 12.4. The van der Waals surface area contributed by atoms with E-state index < -0.39 is 0 Å². The van der Waals surface area contributed by atoms with E-state index in [4.69, 9.17) is 11.6 Å². The van der Waals surface area contributed by atoms with Gasteiger partial charge in [-0.05, 0) is 50.3 Å². The molecule has 0 radical (unpaired) electrons. The molecule has 0 bridgehead atoms. The number of carbonyl (C=O) groups excluding carboxylic acids is 1. The number of rotatable bonds is 6. The molecule has 4 heteroatoms. The van der Waals surface area contributed by atoms with Gasteiger partial charge >= 0.3 is 0 Å². The van der Waals surface area contributed by atoms with Gasteiger partial charge in [-0.25, -0.2) is 0 Å². The topological polar surface area (TPSA) is 41.1 Å². The first-order valence-electron chi connectivity index (χ1n) is 7.46. The molecule has 1 aliphatic carbocycles. The molecular formula is C16H23ClN2O. The second-order valence-corrected chi connectivity index (χ2v) is 6.01. The molecule has 1 saturated carbocycles. The summed E-state index contributed by atoms with van der Waals surface area (Å²) in [5, 5.41) is 6.98. The number of anilines is 1. The van der Waals surface area contributed by atoms with Gasteiger partial charge in [-0.1, -0.05) is 24.9 Å². The Morgan fingerprint density at radius 3 is 2.80 bits per heavy atom. The van der Waals surface area contributed by atoms with Crippen LogP contribution in [0.4, 0.5) is 5.69 Å². The zero-order valence-electron chi connectivity index (χ0n) is 12.2. The van der Waals surface area contributed by atoms with Crippen LogP contribution in [-0.2, 0) is 0 Å². The maximum atomic E-state index is 12.4. The Kier molecular flexibility index (Phi) is 5.30. The van der Waals surface area contributed by atoms with E-state index in [0.717, 1.165) is 18.7 Å². The maximum absolute atomic E-state index is 12.4. The van der Waals surface area contributed by atoms with Crippen LogP contribution in [0.25, 0.3) is 0 Å². The van der Waals surface area contributed by atoms with Crippen molar-refractivity contribution < 1.29 is 4.79 Å². The molecule has 2 N–H and O–H groups in total. The van der Waals surface area contributed by atoms with Gasteiger partial charge in [-0.2, -0.15) is 0 Å². The molecule has 1 unspecified atom stereocenters. The first kappa shape index (κ1) is 15.2. The number of benzene rings is 1. The first-order valence-corrected chi connectivity index (χ1v) is 7.84. The minimum Gasteiger partial charge on any atom is -0.384 e. The zero-order valence-corrected chi connectivity index (χ0v) is 13.0. The fourth-order valence-electron chi connectivity index (χ4n) is 2.46. The lowest BCUT2D eigenvalue weighted by atomic mass is 9.80. The van der Waals surface area contributed by atoms with Crippen LogP contribution < -0.4 is 10.6 Å². The maximum Gasteiger partial charge on any atom is 0.253 e. The van der Waals surface area contributed by atoms with Crippen LogP contribution >= 0.6 is 11.6 Å². The highest BCUT2D eigenvalue weighted by Gasteiger charge is 2.25. The molecule has 0 spiro atoms. The van der Waals surface area contributed by atoms with E-state index in [9.17, 15) is 4.79 Å². The van der Waals surface area contributed by atoms with E-state index in [1.54, 1.807) is 6.07 Å². The first-order chi connectivity index (χ1) is 9.61. The number of hydrogen-bond acceptors (Lipinski definition) is 2. The molecule has 1 atom stereocenters. The van der Waals surface area contributed by atoms with Gasteiger partial charge in [0.1, 0.15) is 0 Å². The molecule has 3 nitrogen and oxygen atoms in total. The average molecular weight is 295 g/mol. The van der Waals surface area contributed by atoms with Gasteiger partial charge in [0, 0.05) is 23.3 Å². The fourth-order valence-corrected chi connectivity index (χ4v) is 2.63. The quantitative estimate of drug-likeness (QED) is 0.830. The Labute approximate surface area is 126 Å². The van der Waals surface area contributed by atoms with Crippen molar-refractivity contribution in [3.8, 4) is 0 Å². The zero-order chi connectivity index (χ0) is 14.5. The van der Waals surface area contributed by atoms with Crippen LogP contribution in [0.3, 0.4) is 0 Å². The van der Waals surface area contributed by atoms with E-state index in [2.05, 4.69) is 24.5 Å². The van der Waals surface area contributed by atoms with Crippen molar-refractivity contribution in [2.45, 2.75) is 45.6 Å². The van der Waals surface area contributed by atoms with Gasteiger partial charge in [-0.3, -0.25) is 4.79 Å². The summed E-state index contributed by atoms with van der Waals surface area (Å²) in [6.07, 6.45) is 4.74. The molecule has 0 saturated heterocycles. The van der Waals surface area contributed by atoms with Crippen LogP contribution in [-0.4, -0.2) is 18.5 Å². The van der Waals surface area contributed by atoms with Crippen LogP contribution in [0, 0.1) is 5.92 Å². The monoisotopic (exact) mass is 294 g/mol. The van der Waals surface area contributed by atoms with Gasteiger partial charge in [0.05, 0.1) is 5.56 Å². The molecule has 0 aliphatic heterocycles.